The molecule has 2 aromatic rings. The maximum Gasteiger partial charge on any atom is 0.178 e. The van der Waals surface area contributed by atoms with E-state index in [-0.39, 0.29) is 11.3 Å². The van der Waals surface area contributed by atoms with E-state index in [0.717, 1.165) is 17.1 Å². The number of allylic oxidation sites excluding steroid dienone is 2. The van der Waals surface area contributed by atoms with Crippen molar-refractivity contribution in [1.82, 2.24) is 0 Å². The molecule has 4 nitrogen and oxygen atoms in total. The minimum atomic E-state index is -0.656. The maximum absolute atomic E-state index is 14.4. The predicted molar refractivity (Wildman–Crippen MR) is 92.2 cm³/mol. The minimum Gasteiger partial charge on any atom is -0.294 e. The van der Waals surface area contributed by atoms with Crippen LogP contribution in [0.15, 0.2) is 81.1 Å². The van der Waals surface area contributed by atoms with Gasteiger partial charge in [0.25, 0.3) is 0 Å². The van der Waals surface area contributed by atoms with Gasteiger partial charge in [-0.15, -0.1) is 5.11 Å². The minimum absolute atomic E-state index is 0.151. The first-order chi connectivity index (χ1) is 12.1. The van der Waals surface area contributed by atoms with Crippen molar-refractivity contribution >= 4 is 11.4 Å². The molecule has 0 unspecified atom stereocenters. The molecule has 0 amide bonds. The zero-order valence-electron chi connectivity index (χ0n) is 13.7. The van der Waals surface area contributed by atoms with Crippen LogP contribution in [0.5, 0.6) is 0 Å². The largest absolute Gasteiger partial charge is 0.294 e. The van der Waals surface area contributed by atoms with Crippen LogP contribution in [0.1, 0.15) is 25.0 Å². The Morgan fingerprint density at radius 3 is 2.36 bits per heavy atom. The summed E-state index contributed by atoms with van der Waals surface area (Å²) in [7, 11) is 0. The molecule has 0 spiro atoms. The first-order valence-electron chi connectivity index (χ1n) is 7.79. The lowest BCUT2D eigenvalue weighted by Gasteiger charge is -2.28. The number of benzene rings is 2. The third kappa shape index (κ3) is 2.38. The molecular formula is C19H14F2N4. The fraction of sp³-hybridized carbons (Fsp3) is 0.105. The number of anilines is 1. The van der Waals surface area contributed by atoms with Crippen molar-refractivity contribution in [1.29, 1.82) is 0 Å². The van der Waals surface area contributed by atoms with Gasteiger partial charge in [-0.3, -0.25) is 9.89 Å². The van der Waals surface area contributed by atoms with Crippen molar-refractivity contribution in [3.63, 3.8) is 0 Å². The molecule has 0 fully saturated rings. The van der Waals surface area contributed by atoms with Crippen molar-refractivity contribution in [3.8, 4) is 0 Å². The molecule has 0 aliphatic carbocycles. The number of azo groups is 1. The summed E-state index contributed by atoms with van der Waals surface area (Å²) >= 11 is 0. The Balaban J connectivity index is 2.01. The highest BCUT2D eigenvalue weighted by molar-refractivity contribution is 6.17. The Morgan fingerprint density at radius 2 is 1.60 bits per heavy atom. The van der Waals surface area contributed by atoms with Gasteiger partial charge in [0.05, 0.1) is 28.9 Å². The molecule has 124 valence electrons. The average Bonchev–Trinajstić information content (AvgIpc) is 2.76. The molecule has 2 aliphatic heterocycles. The first kappa shape index (κ1) is 15.4. The van der Waals surface area contributed by atoms with Crippen molar-refractivity contribution in [2.75, 3.05) is 4.90 Å². The van der Waals surface area contributed by atoms with E-state index in [9.17, 15) is 8.78 Å². The zero-order valence-corrected chi connectivity index (χ0v) is 13.7. The summed E-state index contributed by atoms with van der Waals surface area (Å²) in [5.74, 6) is -0.809. The average molecular weight is 336 g/mol. The summed E-state index contributed by atoms with van der Waals surface area (Å²) in [6.45, 7) is 3.79. The van der Waals surface area contributed by atoms with Crippen LogP contribution in [0.3, 0.4) is 0 Å². The lowest BCUT2D eigenvalue weighted by molar-refractivity contribution is 0.579. The van der Waals surface area contributed by atoms with E-state index in [1.54, 1.807) is 6.07 Å². The van der Waals surface area contributed by atoms with Gasteiger partial charge in [0, 0.05) is 11.3 Å². The smallest absolute Gasteiger partial charge is 0.178 e. The molecule has 0 N–H and O–H groups in total. The fourth-order valence-electron chi connectivity index (χ4n) is 2.95. The van der Waals surface area contributed by atoms with Crippen LogP contribution >= 0.6 is 0 Å². The molecule has 0 aromatic heterocycles. The van der Waals surface area contributed by atoms with Crippen molar-refractivity contribution in [2.24, 2.45) is 15.2 Å². The van der Waals surface area contributed by atoms with Crippen molar-refractivity contribution in [3.05, 3.63) is 88.6 Å². The van der Waals surface area contributed by atoms with Crippen LogP contribution in [0.4, 0.5) is 14.5 Å². The Kier molecular flexibility index (Phi) is 3.53. The summed E-state index contributed by atoms with van der Waals surface area (Å²) in [6, 6.07) is 11.1. The standard InChI is InChI=1S/C19H14F2N4/c1-11-12(2)25-16-9-4-3-6-13(16)19(22-10-17(25)24-23-11)18-14(20)7-5-8-15(18)21/h3-10H,1-2H3. The second-order valence-electron chi connectivity index (χ2n) is 5.79. The Bertz CT molecular complexity index is 982. The number of nitrogens with zero attached hydrogens (tertiary/aromatic N) is 4. The summed E-state index contributed by atoms with van der Waals surface area (Å²) < 4.78 is 28.7. The number of aliphatic imine (C=N–C) groups is 1. The van der Waals surface area contributed by atoms with E-state index >= 15 is 0 Å². The van der Waals surface area contributed by atoms with Crippen molar-refractivity contribution < 1.29 is 8.78 Å². The monoisotopic (exact) mass is 336 g/mol. The number of rotatable bonds is 1. The van der Waals surface area contributed by atoms with Gasteiger partial charge < -0.3 is 0 Å². The van der Waals surface area contributed by atoms with Gasteiger partial charge in [0.2, 0.25) is 0 Å². The quantitative estimate of drug-likeness (QED) is 0.711. The van der Waals surface area contributed by atoms with Crippen LogP contribution in [-0.4, -0.2) is 5.71 Å². The van der Waals surface area contributed by atoms with Crippen LogP contribution in [0.2, 0.25) is 0 Å². The number of para-hydroxylation sites is 1. The summed E-state index contributed by atoms with van der Waals surface area (Å²) in [5.41, 5.74) is 3.12. The highest BCUT2D eigenvalue weighted by Gasteiger charge is 2.28. The number of fused-ring (bicyclic) bond motifs is 3. The van der Waals surface area contributed by atoms with E-state index in [0.29, 0.717) is 11.4 Å². The first-order valence-corrected chi connectivity index (χ1v) is 7.79. The van der Waals surface area contributed by atoms with Crippen molar-refractivity contribution in [2.45, 2.75) is 13.8 Å². The number of hydrogen-bond donors (Lipinski definition) is 0. The van der Waals surface area contributed by atoms with E-state index in [2.05, 4.69) is 15.2 Å². The van der Waals surface area contributed by atoms with Gasteiger partial charge in [-0.1, -0.05) is 24.3 Å². The molecule has 4 rings (SSSR count). The topological polar surface area (TPSA) is 40.3 Å². The molecule has 0 bridgehead atoms. The van der Waals surface area contributed by atoms with E-state index in [1.807, 2.05) is 36.9 Å². The third-order valence-corrected chi connectivity index (χ3v) is 4.30. The van der Waals surface area contributed by atoms with Gasteiger partial charge in [0.15, 0.2) is 5.82 Å². The highest BCUT2D eigenvalue weighted by Crippen LogP contribution is 2.36. The van der Waals surface area contributed by atoms with E-state index < -0.39 is 11.6 Å². The Morgan fingerprint density at radius 1 is 0.880 bits per heavy atom. The molecule has 25 heavy (non-hydrogen) atoms. The SMILES string of the molecule is CC1=C(C)N2C(=CN=C(c3c(F)cccc3F)c3ccccc32)N=N1. The number of hydrogen-bond acceptors (Lipinski definition) is 4. The van der Waals surface area contributed by atoms with Gasteiger partial charge in [-0.2, -0.15) is 5.11 Å². The van der Waals surface area contributed by atoms with Crippen LogP contribution < -0.4 is 4.90 Å². The molecule has 0 saturated heterocycles. The lowest BCUT2D eigenvalue weighted by atomic mass is 9.99. The maximum atomic E-state index is 14.4. The molecule has 2 aromatic carbocycles. The van der Waals surface area contributed by atoms with Gasteiger partial charge in [-0.25, -0.2) is 8.78 Å². The molecule has 0 radical (unpaired) electrons. The van der Waals surface area contributed by atoms with Gasteiger partial charge in [-0.05, 0) is 32.0 Å². The summed E-state index contributed by atoms with van der Waals surface area (Å²) in [4.78, 5) is 6.25. The van der Waals surface area contributed by atoms with Gasteiger partial charge >= 0.3 is 0 Å². The molecule has 2 aliphatic rings. The lowest BCUT2D eigenvalue weighted by Crippen LogP contribution is -2.23. The van der Waals surface area contributed by atoms with Crippen LogP contribution in [0.25, 0.3) is 0 Å². The highest BCUT2D eigenvalue weighted by atomic mass is 19.1. The molecular weight excluding hydrogens is 322 g/mol. The normalized spacial score (nSPS) is 16.1. The second kappa shape index (κ2) is 5.73. The fourth-order valence-corrected chi connectivity index (χ4v) is 2.95. The zero-order chi connectivity index (χ0) is 17.6. The molecule has 0 atom stereocenters. The second-order valence-corrected chi connectivity index (χ2v) is 5.79. The third-order valence-electron chi connectivity index (χ3n) is 4.30. The number of halogens is 2. The summed E-state index contributed by atoms with van der Waals surface area (Å²) in [5, 5.41) is 8.29. The van der Waals surface area contributed by atoms with E-state index in [1.165, 1.54) is 24.4 Å². The van der Waals surface area contributed by atoms with Crippen LogP contribution in [-0.2, 0) is 0 Å². The Labute approximate surface area is 143 Å². The summed E-state index contributed by atoms with van der Waals surface area (Å²) in [6.07, 6.45) is 1.49. The molecule has 0 saturated carbocycles. The van der Waals surface area contributed by atoms with Gasteiger partial charge in [0.1, 0.15) is 11.6 Å². The molecule has 6 heteroatoms. The molecule has 2 heterocycles. The Hall–Kier alpha value is -3.15. The van der Waals surface area contributed by atoms with E-state index in [4.69, 9.17) is 0 Å². The van der Waals surface area contributed by atoms with Crippen LogP contribution in [0, 0.1) is 11.6 Å². The predicted octanol–water partition coefficient (Wildman–Crippen LogP) is 5.14.